The number of nitrogens with zero attached hydrogens (tertiary/aromatic N) is 2. The van der Waals surface area contributed by atoms with Crippen molar-refractivity contribution in [1.29, 1.82) is 0 Å². The quantitative estimate of drug-likeness (QED) is 0.241. The molecule has 1 amide bonds. The summed E-state index contributed by atoms with van der Waals surface area (Å²) in [6.45, 7) is 1.67. The highest BCUT2D eigenvalue weighted by Gasteiger charge is 2.25. The molecule has 1 N–H and O–H groups in total. The number of halogens is 2. The van der Waals surface area contributed by atoms with Crippen LogP contribution in [-0.4, -0.2) is 23.2 Å². The van der Waals surface area contributed by atoms with Crippen molar-refractivity contribution in [3.8, 4) is 39.5 Å². The Morgan fingerprint density at radius 2 is 1.59 bits per heavy atom. The SMILES string of the molecule is COc1ccccc1-c1cccc(-c2cccc(NC(=O)c3c(-c4c(Cl)cccc4Cl)noc3C)c2)n1. The molecule has 0 unspecified atom stereocenters. The molecule has 6 nitrogen and oxygen atoms in total. The fraction of sp³-hybridized carbons (Fsp3) is 0.0690. The second kappa shape index (κ2) is 10.5. The number of benzene rings is 3. The van der Waals surface area contributed by atoms with E-state index >= 15 is 0 Å². The van der Waals surface area contributed by atoms with Crippen molar-refractivity contribution in [2.75, 3.05) is 12.4 Å². The van der Waals surface area contributed by atoms with Gasteiger partial charge < -0.3 is 14.6 Å². The van der Waals surface area contributed by atoms with E-state index in [-0.39, 0.29) is 11.3 Å². The first-order valence-corrected chi connectivity index (χ1v) is 12.1. The van der Waals surface area contributed by atoms with Gasteiger partial charge in [-0.15, -0.1) is 0 Å². The van der Waals surface area contributed by atoms with Crippen LogP contribution in [0.2, 0.25) is 10.0 Å². The lowest BCUT2D eigenvalue weighted by molar-refractivity contribution is 0.102. The zero-order valence-electron chi connectivity index (χ0n) is 20.0. The number of rotatable bonds is 6. The van der Waals surface area contributed by atoms with Gasteiger partial charge in [-0.2, -0.15) is 0 Å². The lowest BCUT2D eigenvalue weighted by Gasteiger charge is -2.11. The van der Waals surface area contributed by atoms with Crippen LogP contribution in [0.4, 0.5) is 5.69 Å². The van der Waals surface area contributed by atoms with Crippen LogP contribution in [0, 0.1) is 6.92 Å². The number of hydrogen-bond donors (Lipinski definition) is 1. The first-order chi connectivity index (χ1) is 18.0. The number of amides is 1. The zero-order valence-corrected chi connectivity index (χ0v) is 21.5. The predicted molar refractivity (Wildman–Crippen MR) is 146 cm³/mol. The minimum atomic E-state index is -0.391. The van der Waals surface area contributed by atoms with Gasteiger partial charge in [0.05, 0.1) is 28.5 Å². The summed E-state index contributed by atoms with van der Waals surface area (Å²) in [6.07, 6.45) is 0. The smallest absolute Gasteiger partial charge is 0.261 e. The Hall–Kier alpha value is -4.13. The molecule has 0 atom stereocenters. The minimum absolute atomic E-state index is 0.261. The van der Waals surface area contributed by atoms with Gasteiger partial charge in [-0.05, 0) is 55.5 Å². The second-order valence-electron chi connectivity index (χ2n) is 8.20. The van der Waals surface area contributed by atoms with Crippen molar-refractivity contribution < 1.29 is 14.1 Å². The largest absolute Gasteiger partial charge is 0.496 e. The molecule has 3 aromatic carbocycles. The average molecular weight is 530 g/mol. The van der Waals surface area contributed by atoms with Gasteiger partial charge in [0.15, 0.2) is 0 Å². The molecule has 184 valence electrons. The molecule has 37 heavy (non-hydrogen) atoms. The van der Waals surface area contributed by atoms with Crippen LogP contribution in [0.1, 0.15) is 16.1 Å². The number of pyridine rings is 1. The van der Waals surface area contributed by atoms with E-state index in [0.29, 0.717) is 27.1 Å². The van der Waals surface area contributed by atoms with Crippen LogP contribution in [0.5, 0.6) is 5.75 Å². The first kappa shape index (κ1) is 24.6. The third-order valence-electron chi connectivity index (χ3n) is 5.84. The van der Waals surface area contributed by atoms with E-state index in [1.165, 1.54) is 0 Å². The first-order valence-electron chi connectivity index (χ1n) is 11.4. The number of para-hydroxylation sites is 1. The molecule has 2 heterocycles. The van der Waals surface area contributed by atoms with E-state index in [0.717, 1.165) is 28.3 Å². The average Bonchev–Trinajstić information content (AvgIpc) is 3.29. The summed E-state index contributed by atoms with van der Waals surface area (Å²) in [4.78, 5) is 18.2. The van der Waals surface area contributed by atoms with Crippen molar-refractivity contribution in [1.82, 2.24) is 10.1 Å². The summed E-state index contributed by atoms with van der Waals surface area (Å²) in [5, 5.41) is 7.75. The number of carbonyl (C=O) groups is 1. The summed E-state index contributed by atoms with van der Waals surface area (Å²) in [5.41, 5.74) is 4.85. The second-order valence-corrected chi connectivity index (χ2v) is 9.02. The van der Waals surface area contributed by atoms with Gasteiger partial charge >= 0.3 is 0 Å². The van der Waals surface area contributed by atoms with E-state index in [4.69, 9.17) is 37.4 Å². The van der Waals surface area contributed by atoms with Crippen LogP contribution >= 0.6 is 23.2 Å². The Bertz CT molecular complexity index is 1590. The highest BCUT2D eigenvalue weighted by atomic mass is 35.5. The molecule has 0 aliphatic carbocycles. The molecule has 0 aliphatic rings. The Balaban J connectivity index is 1.46. The number of aryl methyl sites for hydroxylation is 1. The molecule has 0 aliphatic heterocycles. The van der Waals surface area contributed by atoms with Crippen molar-refractivity contribution in [2.24, 2.45) is 0 Å². The molecule has 0 saturated carbocycles. The Kier molecular flexibility index (Phi) is 6.95. The molecule has 0 spiro atoms. The summed E-state index contributed by atoms with van der Waals surface area (Å²) >= 11 is 12.7. The van der Waals surface area contributed by atoms with Gasteiger partial charge in [0.25, 0.3) is 5.91 Å². The molecule has 0 fully saturated rings. The molecular formula is C29H21Cl2N3O3. The molecular weight excluding hydrogens is 509 g/mol. The third kappa shape index (κ3) is 4.94. The van der Waals surface area contributed by atoms with Crippen molar-refractivity contribution in [2.45, 2.75) is 6.92 Å². The Morgan fingerprint density at radius 1 is 0.892 bits per heavy atom. The normalized spacial score (nSPS) is 10.8. The fourth-order valence-corrected chi connectivity index (χ4v) is 4.66. The Labute approximate surface area is 223 Å². The summed E-state index contributed by atoms with van der Waals surface area (Å²) in [6, 6.07) is 26.1. The number of carbonyl (C=O) groups excluding carboxylic acids is 1. The van der Waals surface area contributed by atoms with Gasteiger partial charge in [-0.1, -0.05) is 64.8 Å². The molecule has 5 rings (SSSR count). The summed E-state index contributed by atoms with van der Waals surface area (Å²) in [5.74, 6) is 0.704. The highest BCUT2D eigenvalue weighted by molar-refractivity contribution is 6.39. The number of aromatic nitrogens is 2. The van der Waals surface area contributed by atoms with Crippen LogP contribution in [-0.2, 0) is 0 Å². The maximum atomic E-state index is 13.3. The number of nitrogens with one attached hydrogen (secondary N) is 1. The minimum Gasteiger partial charge on any atom is -0.496 e. The lowest BCUT2D eigenvalue weighted by atomic mass is 10.0. The van der Waals surface area contributed by atoms with E-state index in [1.54, 1.807) is 38.3 Å². The van der Waals surface area contributed by atoms with Gasteiger partial charge in [0.2, 0.25) is 0 Å². The zero-order chi connectivity index (χ0) is 25.9. The van der Waals surface area contributed by atoms with Gasteiger partial charge in [-0.3, -0.25) is 4.79 Å². The van der Waals surface area contributed by atoms with Crippen molar-refractivity contribution >= 4 is 34.8 Å². The van der Waals surface area contributed by atoms with E-state index in [9.17, 15) is 4.79 Å². The van der Waals surface area contributed by atoms with E-state index in [2.05, 4.69) is 10.5 Å². The number of methoxy groups -OCH3 is 1. The number of anilines is 1. The maximum Gasteiger partial charge on any atom is 0.261 e. The molecule has 0 radical (unpaired) electrons. The predicted octanol–water partition coefficient (Wildman–Crippen LogP) is 7.95. The number of ether oxygens (including phenoxy) is 1. The third-order valence-corrected chi connectivity index (χ3v) is 6.47. The summed E-state index contributed by atoms with van der Waals surface area (Å²) < 4.78 is 10.8. The van der Waals surface area contributed by atoms with Crippen LogP contribution < -0.4 is 10.1 Å². The topological polar surface area (TPSA) is 77.2 Å². The van der Waals surface area contributed by atoms with E-state index in [1.807, 2.05) is 60.7 Å². The van der Waals surface area contributed by atoms with Crippen LogP contribution in [0.3, 0.4) is 0 Å². The molecule has 0 saturated heterocycles. The van der Waals surface area contributed by atoms with Gasteiger partial charge in [0, 0.05) is 22.4 Å². The molecule has 8 heteroatoms. The van der Waals surface area contributed by atoms with Crippen molar-refractivity contribution in [3.63, 3.8) is 0 Å². The Morgan fingerprint density at radius 3 is 2.38 bits per heavy atom. The van der Waals surface area contributed by atoms with Crippen LogP contribution in [0.25, 0.3) is 33.8 Å². The fourth-order valence-electron chi connectivity index (χ4n) is 4.09. The molecule has 0 bridgehead atoms. The maximum absolute atomic E-state index is 13.3. The standard InChI is InChI=1S/C29H21Cl2N3O3/c1-17-26(28(34-37-17)27-21(30)11-6-12-22(27)31)29(35)32-19-9-5-8-18(16-19)23-13-7-14-24(33-23)20-10-3-4-15-25(20)36-2/h3-16H,1-2H3,(H,32,35). The summed E-state index contributed by atoms with van der Waals surface area (Å²) in [7, 11) is 1.64. The highest BCUT2D eigenvalue weighted by Crippen LogP contribution is 2.37. The molecule has 2 aromatic heterocycles. The van der Waals surface area contributed by atoms with Crippen molar-refractivity contribution in [3.05, 3.63) is 106 Å². The van der Waals surface area contributed by atoms with Gasteiger partial charge in [0.1, 0.15) is 22.8 Å². The lowest BCUT2D eigenvalue weighted by Crippen LogP contribution is -2.13. The molecule has 5 aromatic rings. The monoisotopic (exact) mass is 529 g/mol. The van der Waals surface area contributed by atoms with Gasteiger partial charge in [-0.25, -0.2) is 4.98 Å². The van der Waals surface area contributed by atoms with Crippen LogP contribution in [0.15, 0.2) is 89.5 Å². The van der Waals surface area contributed by atoms with E-state index < -0.39 is 5.91 Å². The number of hydrogen-bond acceptors (Lipinski definition) is 5.